The highest BCUT2D eigenvalue weighted by Crippen LogP contribution is 2.53. The van der Waals surface area contributed by atoms with Crippen molar-refractivity contribution < 1.29 is 29.0 Å². The van der Waals surface area contributed by atoms with Crippen LogP contribution in [0.2, 0.25) is 0 Å². The predicted octanol–water partition coefficient (Wildman–Crippen LogP) is 4.01. The van der Waals surface area contributed by atoms with Gasteiger partial charge in [-0.3, -0.25) is 19.7 Å². The third-order valence-corrected chi connectivity index (χ3v) is 8.65. The monoisotopic (exact) mass is 504 g/mol. The summed E-state index contributed by atoms with van der Waals surface area (Å²) in [6, 6.07) is 12.1. The molecule has 4 aliphatic rings. The molecular weight excluding hydrogens is 472 g/mol. The Hall–Kier alpha value is -3.39. The summed E-state index contributed by atoms with van der Waals surface area (Å²) < 4.78 is 11.4. The number of fused-ring (bicyclic) bond motifs is 2. The van der Waals surface area contributed by atoms with Crippen molar-refractivity contribution in [1.82, 2.24) is 5.32 Å². The van der Waals surface area contributed by atoms with Crippen LogP contribution in [0.5, 0.6) is 11.5 Å². The summed E-state index contributed by atoms with van der Waals surface area (Å²) in [7, 11) is 0. The number of carboxylic acids is 1. The van der Waals surface area contributed by atoms with E-state index in [0.717, 1.165) is 43.2 Å². The third-order valence-electron chi connectivity index (χ3n) is 8.65. The van der Waals surface area contributed by atoms with E-state index < -0.39 is 35.3 Å². The molecule has 2 aromatic rings. The number of imide groups is 1. The van der Waals surface area contributed by atoms with Gasteiger partial charge in [0.2, 0.25) is 11.8 Å². The Kier molecular flexibility index (Phi) is 5.94. The van der Waals surface area contributed by atoms with Crippen molar-refractivity contribution in [3.63, 3.8) is 0 Å². The molecule has 4 unspecified atom stereocenters. The fraction of sp³-hybridized carbons (Fsp3) is 0.483. The molecule has 4 atom stereocenters. The van der Waals surface area contributed by atoms with Crippen LogP contribution in [0.4, 0.5) is 5.69 Å². The Bertz CT molecular complexity index is 1250. The van der Waals surface area contributed by atoms with Crippen LogP contribution in [-0.4, -0.2) is 41.6 Å². The zero-order chi connectivity index (χ0) is 25.7. The lowest BCUT2D eigenvalue weighted by Gasteiger charge is -2.35. The molecule has 2 saturated heterocycles. The van der Waals surface area contributed by atoms with Crippen LogP contribution in [0.3, 0.4) is 0 Å². The number of aliphatic carboxylic acids is 1. The number of aryl methyl sites for hydroxylation is 1. The van der Waals surface area contributed by atoms with Gasteiger partial charge in [0.05, 0.1) is 17.5 Å². The zero-order valence-corrected chi connectivity index (χ0v) is 20.9. The van der Waals surface area contributed by atoms with Crippen LogP contribution in [0.1, 0.15) is 55.7 Å². The lowest BCUT2D eigenvalue weighted by atomic mass is 9.72. The van der Waals surface area contributed by atoms with Gasteiger partial charge in [-0.15, -0.1) is 0 Å². The number of hydrogen-bond donors (Lipinski definition) is 2. The Labute approximate surface area is 215 Å². The van der Waals surface area contributed by atoms with Crippen molar-refractivity contribution in [2.24, 2.45) is 17.8 Å². The number of amides is 2. The first kappa shape index (κ1) is 24.0. The SMILES string of the molecule is Cc1ccccc1N1C(=O)C2C(c3ccc4c(c3)OCCO4)NC(CC3CCCCC3)(C(=O)O)C2C1=O. The van der Waals surface area contributed by atoms with Crippen molar-refractivity contribution in [3.05, 3.63) is 53.6 Å². The van der Waals surface area contributed by atoms with E-state index in [1.165, 1.54) is 4.90 Å². The normalized spacial score (nSPS) is 29.4. The van der Waals surface area contributed by atoms with Gasteiger partial charge >= 0.3 is 5.97 Å². The Balaban J connectivity index is 1.46. The van der Waals surface area contributed by atoms with Gasteiger partial charge in [-0.1, -0.05) is 56.4 Å². The molecule has 1 aliphatic carbocycles. The second-order valence-electron chi connectivity index (χ2n) is 10.8. The number of nitrogens with zero attached hydrogens (tertiary/aromatic N) is 1. The molecule has 194 valence electrons. The van der Waals surface area contributed by atoms with Crippen LogP contribution in [0.25, 0.3) is 0 Å². The van der Waals surface area contributed by atoms with E-state index in [1.54, 1.807) is 18.2 Å². The first-order valence-electron chi connectivity index (χ1n) is 13.2. The van der Waals surface area contributed by atoms with Crippen LogP contribution in [0, 0.1) is 24.7 Å². The predicted molar refractivity (Wildman–Crippen MR) is 136 cm³/mol. The van der Waals surface area contributed by atoms with Gasteiger partial charge in [0.1, 0.15) is 18.8 Å². The van der Waals surface area contributed by atoms with E-state index in [-0.39, 0.29) is 11.8 Å². The molecule has 0 radical (unpaired) electrons. The standard InChI is InChI=1S/C29H32N2O6/c1-17-7-5-6-10-20(17)31-26(32)23-24(27(31)33)29(28(34)35,16-18-8-3-2-4-9-18)30-25(23)19-11-12-21-22(15-19)37-14-13-36-21/h5-7,10-12,15,18,23-25,30H,2-4,8-9,13-14,16H2,1H3,(H,34,35). The summed E-state index contributed by atoms with van der Waals surface area (Å²) in [5.74, 6) is -2.33. The fourth-order valence-electron chi connectivity index (χ4n) is 6.91. The minimum absolute atomic E-state index is 0.187. The molecule has 0 spiro atoms. The molecule has 3 fully saturated rings. The van der Waals surface area contributed by atoms with Gasteiger partial charge in [0, 0.05) is 6.04 Å². The van der Waals surface area contributed by atoms with E-state index in [0.29, 0.717) is 36.8 Å². The largest absolute Gasteiger partial charge is 0.486 e. The number of carbonyl (C=O) groups excluding carboxylic acids is 2. The molecule has 8 heteroatoms. The number of anilines is 1. The molecule has 37 heavy (non-hydrogen) atoms. The van der Waals surface area contributed by atoms with E-state index >= 15 is 0 Å². The maximum atomic E-state index is 14.1. The Morgan fingerprint density at radius 3 is 2.49 bits per heavy atom. The minimum Gasteiger partial charge on any atom is -0.486 e. The molecule has 0 aromatic heterocycles. The first-order valence-corrected chi connectivity index (χ1v) is 13.2. The Morgan fingerprint density at radius 1 is 1.03 bits per heavy atom. The van der Waals surface area contributed by atoms with Gasteiger partial charge in [-0.25, -0.2) is 4.90 Å². The van der Waals surface area contributed by atoms with Crippen molar-refractivity contribution in [2.75, 3.05) is 18.1 Å². The van der Waals surface area contributed by atoms with E-state index in [1.807, 2.05) is 31.2 Å². The topological polar surface area (TPSA) is 105 Å². The van der Waals surface area contributed by atoms with Crippen molar-refractivity contribution >= 4 is 23.5 Å². The highest BCUT2D eigenvalue weighted by molar-refractivity contribution is 6.24. The molecule has 2 aromatic carbocycles. The maximum Gasteiger partial charge on any atom is 0.324 e. The smallest absolute Gasteiger partial charge is 0.324 e. The number of hydrogen-bond acceptors (Lipinski definition) is 6. The number of para-hydroxylation sites is 1. The van der Waals surface area contributed by atoms with Crippen molar-refractivity contribution in [2.45, 2.75) is 57.0 Å². The first-order chi connectivity index (χ1) is 17.9. The number of ether oxygens (including phenoxy) is 2. The minimum atomic E-state index is -1.53. The second kappa shape index (κ2) is 9.17. The molecule has 3 aliphatic heterocycles. The lowest BCUT2D eigenvalue weighted by molar-refractivity contribution is -0.150. The fourth-order valence-corrected chi connectivity index (χ4v) is 6.91. The molecule has 1 saturated carbocycles. The molecular formula is C29H32N2O6. The van der Waals surface area contributed by atoms with Gasteiger partial charge in [-0.05, 0) is 48.6 Å². The van der Waals surface area contributed by atoms with Crippen LogP contribution in [0.15, 0.2) is 42.5 Å². The van der Waals surface area contributed by atoms with E-state index in [2.05, 4.69) is 5.32 Å². The third kappa shape index (κ3) is 3.81. The number of carboxylic acid groups (broad SMARTS) is 1. The molecule has 6 rings (SSSR count). The van der Waals surface area contributed by atoms with E-state index in [9.17, 15) is 19.5 Å². The average Bonchev–Trinajstić information content (AvgIpc) is 3.39. The van der Waals surface area contributed by atoms with Crippen LogP contribution < -0.4 is 19.7 Å². The second-order valence-corrected chi connectivity index (χ2v) is 10.8. The van der Waals surface area contributed by atoms with Gasteiger partial charge in [0.25, 0.3) is 0 Å². The van der Waals surface area contributed by atoms with Crippen molar-refractivity contribution in [1.29, 1.82) is 0 Å². The zero-order valence-electron chi connectivity index (χ0n) is 20.9. The summed E-state index contributed by atoms with van der Waals surface area (Å²) in [6.45, 7) is 2.73. The molecule has 0 bridgehead atoms. The Morgan fingerprint density at radius 2 is 1.76 bits per heavy atom. The number of carbonyl (C=O) groups is 3. The summed E-state index contributed by atoms with van der Waals surface area (Å²) in [5, 5.41) is 14.1. The summed E-state index contributed by atoms with van der Waals surface area (Å²) in [4.78, 5) is 42.5. The van der Waals surface area contributed by atoms with Gasteiger partial charge in [0.15, 0.2) is 11.5 Å². The number of benzene rings is 2. The highest BCUT2D eigenvalue weighted by atomic mass is 16.6. The number of rotatable bonds is 5. The lowest BCUT2D eigenvalue weighted by Crippen LogP contribution is -2.57. The number of nitrogens with one attached hydrogen (secondary N) is 1. The molecule has 2 amide bonds. The maximum absolute atomic E-state index is 14.1. The van der Waals surface area contributed by atoms with Crippen LogP contribution >= 0.6 is 0 Å². The quantitative estimate of drug-likeness (QED) is 0.593. The molecule has 8 nitrogen and oxygen atoms in total. The summed E-state index contributed by atoms with van der Waals surface area (Å²) in [5.41, 5.74) is 0.499. The van der Waals surface area contributed by atoms with Gasteiger partial charge < -0.3 is 14.6 Å². The summed E-state index contributed by atoms with van der Waals surface area (Å²) in [6.07, 6.45) is 5.46. The van der Waals surface area contributed by atoms with E-state index in [4.69, 9.17) is 9.47 Å². The average molecular weight is 505 g/mol. The van der Waals surface area contributed by atoms with Gasteiger partial charge in [-0.2, -0.15) is 0 Å². The van der Waals surface area contributed by atoms with Crippen molar-refractivity contribution in [3.8, 4) is 11.5 Å². The molecule has 3 heterocycles. The van der Waals surface area contributed by atoms with Crippen LogP contribution in [-0.2, 0) is 14.4 Å². The summed E-state index contributed by atoms with van der Waals surface area (Å²) >= 11 is 0. The highest BCUT2D eigenvalue weighted by Gasteiger charge is 2.69. The molecule has 2 N–H and O–H groups in total.